The monoisotopic (exact) mass is 584 g/mol. The summed E-state index contributed by atoms with van der Waals surface area (Å²) in [6.07, 6.45) is 7.19. The van der Waals surface area contributed by atoms with Crippen LogP contribution in [0.4, 0.5) is 4.79 Å². The highest BCUT2D eigenvalue weighted by Gasteiger charge is 2.35. The van der Waals surface area contributed by atoms with Crippen LogP contribution in [0.1, 0.15) is 81.3 Å². The van der Waals surface area contributed by atoms with Crippen LogP contribution in [0.3, 0.4) is 0 Å². The number of ether oxygens (including phenoxy) is 1. The third-order valence-corrected chi connectivity index (χ3v) is 8.24. The normalized spacial score (nSPS) is 18.9. The van der Waals surface area contributed by atoms with Gasteiger partial charge in [-0.05, 0) is 98.5 Å². The van der Waals surface area contributed by atoms with Gasteiger partial charge in [-0.25, -0.2) is 14.8 Å². The number of aromatic amines is 2. The molecule has 0 aliphatic carbocycles. The summed E-state index contributed by atoms with van der Waals surface area (Å²) in [5, 5.41) is 24.1. The molecule has 0 bridgehead atoms. The van der Waals surface area contributed by atoms with E-state index >= 15 is 0 Å². The second-order valence-corrected chi connectivity index (χ2v) is 12.4. The van der Waals surface area contributed by atoms with Crippen LogP contribution >= 0.6 is 0 Å². The number of benzene rings is 2. The Morgan fingerprint density at radius 1 is 0.907 bits per heavy atom. The molecule has 226 valence electrons. The number of hydrogen-bond donors (Lipinski definition) is 5. The first-order valence-electron chi connectivity index (χ1n) is 15.1. The van der Waals surface area contributed by atoms with Crippen LogP contribution in [0.15, 0.2) is 48.8 Å². The minimum absolute atomic E-state index is 0.138. The number of nitrogens with one attached hydrogen (secondary N) is 3. The van der Waals surface area contributed by atoms with Gasteiger partial charge >= 0.3 is 6.09 Å². The predicted octanol–water partition coefficient (Wildman–Crippen LogP) is 5.61. The van der Waals surface area contributed by atoms with Crippen molar-refractivity contribution in [1.29, 1.82) is 0 Å². The number of aliphatic hydroxyl groups is 2. The second kappa shape index (κ2) is 11.9. The molecule has 0 spiro atoms. The van der Waals surface area contributed by atoms with E-state index in [9.17, 15) is 15.0 Å². The number of aromatic nitrogens is 4. The molecule has 1 amide bonds. The van der Waals surface area contributed by atoms with Gasteiger partial charge in [-0.15, -0.1) is 0 Å². The van der Waals surface area contributed by atoms with Gasteiger partial charge in [0.1, 0.15) is 17.2 Å². The molecule has 4 aromatic rings. The van der Waals surface area contributed by atoms with E-state index in [0.29, 0.717) is 6.54 Å². The smallest absolute Gasteiger partial charge is 0.410 e. The van der Waals surface area contributed by atoms with Crippen molar-refractivity contribution in [3.05, 3.63) is 71.6 Å². The third-order valence-electron chi connectivity index (χ3n) is 8.24. The van der Waals surface area contributed by atoms with E-state index in [-0.39, 0.29) is 31.4 Å². The highest BCUT2D eigenvalue weighted by Crippen LogP contribution is 2.36. The lowest BCUT2D eigenvalue weighted by Crippen LogP contribution is -2.36. The lowest BCUT2D eigenvalue weighted by molar-refractivity contribution is 0.0218. The van der Waals surface area contributed by atoms with Gasteiger partial charge in [-0.3, -0.25) is 4.90 Å². The van der Waals surface area contributed by atoms with E-state index in [2.05, 4.69) is 25.3 Å². The molecule has 0 saturated carbocycles. The number of imidazole rings is 2. The van der Waals surface area contributed by atoms with E-state index in [0.717, 1.165) is 88.6 Å². The average Bonchev–Trinajstić information content (AvgIpc) is 3.81. The van der Waals surface area contributed by atoms with Crippen molar-refractivity contribution in [2.24, 2.45) is 0 Å². The standard InChI is InChI=1S/C33H40N6O4/c1-33(2,3)43-32(42)39-13-5-7-29(39)31-36-17-28(38-31)21-9-11-25(23(15-21)19-41)24-10-8-20(14-22(24)18-40)27-16-35-30(37-27)26-6-4-12-34-26/h8-11,14-17,26,29,34,40-41H,4-7,12-13,18-19H2,1-3H3,(H,35,37)(H,36,38)/t26-,29+/m0/s1. The van der Waals surface area contributed by atoms with Gasteiger partial charge in [0.2, 0.25) is 0 Å². The second-order valence-electron chi connectivity index (χ2n) is 12.4. The maximum absolute atomic E-state index is 12.8. The van der Waals surface area contributed by atoms with Gasteiger partial charge in [0.15, 0.2) is 0 Å². The van der Waals surface area contributed by atoms with Crippen LogP contribution in [-0.2, 0) is 18.0 Å². The molecule has 2 aliphatic heterocycles. The maximum Gasteiger partial charge on any atom is 0.410 e. The fourth-order valence-corrected chi connectivity index (χ4v) is 6.13. The summed E-state index contributed by atoms with van der Waals surface area (Å²) in [6.45, 7) is 6.93. The zero-order valence-corrected chi connectivity index (χ0v) is 25.0. The topological polar surface area (TPSA) is 139 Å². The summed E-state index contributed by atoms with van der Waals surface area (Å²) < 4.78 is 5.62. The molecule has 4 heterocycles. The number of hydrogen-bond acceptors (Lipinski definition) is 7. The Labute approximate surface area is 251 Å². The molecule has 6 rings (SSSR count). The number of aliphatic hydroxyl groups excluding tert-OH is 2. The summed E-state index contributed by atoms with van der Waals surface area (Å²) in [6, 6.07) is 12.0. The Balaban J connectivity index is 1.24. The van der Waals surface area contributed by atoms with Gasteiger partial charge in [0.25, 0.3) is 0 Å². The molecule has 43 heavy (non-hydrogen) atoms. The first-order valence-corrected chi connectivity index (χ1v) is 15.1. The number of carbonyl (C=O) groups excluding carboxylic acids is 1. The van der Waals surface area contributed by atoms with Gasteiger partial charge in [-0.1, -0.05) is 24.3 Å². The van der Waals surface area contributed by atoms with Crippen molar-refractivity contribution >= 4 is 6.09 Å². The molecular formula is C33H40N6O4. The number of rotatable bonds is 7. The number of nitrogens with zero attached hydrogens (tertiary/aromatic N) is 3. The molecule has 2 aromatic carbocycles. The molecule has 5 N–H and O–H groups in total. The van der Waals surface area contributed by atoms with Crippen LogP contribution in [0.25, 0.3) is 33.6 Å². The van der Waals surface area contributed by atoms with Gasteiger partial charge in [0, 0.05) is 6.54 Å². The number of amides is 1. The Morgan fingerprint density at radius 2 is 1.51 bits per heavy atom. The van der Waals surface area contributed by atoms with E-state index in [1.165, 1.54) is 0 Å². The van der Waals surface area contributed by atoms with Gasteiger partial charge in [0.05, 0.1) is 49.1 Å². The fourth-order valence-electron chi connectivity index (χ4n) is 6.13. The van der Waals surface area contributed by atoms with Crippen molar-refractivity contribution in [2.45, 2.75) is 77.4 Å². The molecule has 0 radical (unpaired) electrons. The number of H-pyrrole nitrogens is 2. The van der Waals surface area contributed by atoms with Crippen LogP contribution in [0, 0.1) is 0 Å². The van der Waals surface area contributed by atoms with E-state index < -0.39 is 5.60 Å². The summed E-state index contributed by atoms with van der Waals surface area (Å²) in [7, 11) is 0. The third kappa shape index (κ3) is 6.08. The molecule has 2 fully saturated rings. The van der Waals surface area contributed by atoms with Crippen molar-refractivity contribution in [2.75, 3.05) is 13.1 Å². The minimum Gasteiger partial charge on any atom is -0.444 e. The first-order chi connectivity index (χ1) is 20.7. The zero-order valence-electron chi connectivity index (χ0n) is 25.0. The van der Waals surface area contributed by atoms with E-state index in [1.807, 2.05) is 63.4 Å². The maximum atomic E-state index is 12.8. The fraction of sp³-hybridized carbons (Fsp3) is 0.424. The summed E-state index contributed by atoms with van der Waals surface area (Å²) >= 11 is 0. The van der Waals surface area contributed by atoms with Crippen molar-refractivity contribution in [3.63, 3.8) is 0 Å². The van der Waals surface area contributed by atoms with E-state index in [4.69, 9.17) is 4.74 Å². The van der Waals surface area contributed by atoms with Crippen LogP contribution in [0.2, 0.25) is 0 Å². The highest BCUT2D eigenvalue weighted by molar-refractivity contribution is 5.77. The largest absolute Gasteiger partial charge is 0.444 e. The van der Waals surface area contributed by atoms with E-state index in [1.54, 1.807) is 11.1 Å². The Morgan fingerprint density at radius 3 is 2.07 bits per heavy atom. The Kier molecular flexibility index (Phi) is 8.09. The van der Waals surface area contributed by atoms with Gasteiger partial charge < -0.3 is 30.2 Å². The van der Waals surface area contributed by atoms with Crippen molar-refractivity contribution in [3.8, 4) is 33.6 Å². The zero-order chi connectivity index (χ0) is 30.1. The Hall–Kier alpha value is -3.99. The minimum atomic E-state index is -0.563. The van der Waals surface area contributed by atoms with Crippen LogP contribution < -0.4 is 5.32 Å². The summed E-state index contributed by atoms with van der Waals surface area (Å²) in [5.41, 5.74) is 6.20. The number of likely N-dealkylation sites (tertiary alicyclic amines) is 1. The predicted molar refractivity (Wildman–Crippen MR) is 164 cm³/mol. The Bertz CT molecular complexity index is 1600. The summed E-state index contributed by atoms with van der Waals surface area (Å²) in [4.78, 5) is 30.6. The molecule has 2 aromatic heterocycles. The number of carbonyl (C=O) groups is 1. The summed E-state index contributed by atoms with van der Waals surface area (Å²) in [5.74, 6) is 1.66. The lowest BCUT2D eigenvalue weighted by atomic mass is 9.92. The highest BCUT2D eigenvalue weighted by atomic mass is 16.6. The van der Waals surface area contributed by atoms with Crippen molar-refractivity contribution in [1.82, 2.24) is 30.2 Å². The van der Waals surface area contributed by atoms with Gasteiger partial charge in [-0.2, -0.15) is 0 Å². The molecule has 2 saturated heterocycles. The molecule has 2 aliphatic rings. The molecule has 10 nitrogen and oxygen atoms in total. The quantitative estimate of drug-likeness (QED) is 0.190. The lowest BCUT2D eigenvalue weighted by Gasteiger charge is -2.27. The molecule has 10 heteroatoms. The van der Waals surface area contributed by atoms with Crippen molar-refractivity contribution < 1.29 is 19.7 Å². The molecule has 0 unspecified atom stereocenters. The molecule has 2 atom stereocenters. The SMILES string of the molecule is CC(C)(C)OC(=O)N1CCC[C@@H]1c1ncc(-c2ccc(-c3ccc(-c4cnc([C@@H]5CCCN5)[nH]4)cc3CO)c(CO)c2)[nH]1. The van der Waals surface area contributed by atoms with Crippen LogP contribution in [-0.4, -0.2) is 59.8 Å². The average molecular weight is 585 g/mol. The van der Waals surface area contributed by atoms with Crippen LogP contribution in [0.5, 0.6) is 0 Å². The molecular weight excluding hydrogens is 544 g/mol. The first kappa shape index (κ1) is 29.1.